The van der Waals surface area contributed by atoms with Crippen LogP contribution in [0.1, 0.15) is 70.8 Å². The molecule has 1 N–H and O–H groups in total. The Kier molecular flexibility index (Phi) is 5.16. The standard InChI is InChI=1S/C26H32Cl2O2/c1-25-10-8-18(29)14-17(25)6-7-19-20(25)9-11-26(2)21(19)13-16(24(26)30)12-15-4-3-5-22(27)23(15)28/h3-5,12,17-21,29H,6-11,13-14H2,1-2H3/b16-12+. The Labute approximate surface area is 190 Å². The molecule has 4 heteroatoms. The molecule has 4 aliphatic carbocycles. The first kappa shape index (κ1) is 21.0. The smallest absolute Gasteiger partial charge is 0.165 e. The Hall–Kier alpha value is -0.830. The van der Waals surface area contributed by atoms with Crippen LogP contribution in [0.15, 0.2) is 23.8 Å². The van der Waals surface area contributed by atoms with Gasteiger partial charge in [-0.2, -0.15) is 0 Å². The number of halogens is 2. The lowest BCUT2D eigenvalue weighted by Gasteiger charge is -2.59. The molecule has 0 radical (unpaired) electrons. The van der Waals surface area contributed by atoms with E-state index in [1.54, 1.807) is 6.07 Å². The summed E-state index contributed by atoms with van der Waals surface area (Å²) in [6, 6.07) is 5.62. The van der Waals surface area contributed by atoms with Crippen LogP contribution in [0.3, 0.4) is 0 Å². The maximum atomic E-state index is 13.6. The molecule has 0 amide bonds. The monoisotopic (exact) mass is 446 g/mol. The zero-order chi connectivity index (χ0) is 21.3. The molecule has 1 aromatic carbocycles. The fraction of sp³-hybridized carbons (Fsp3) is 0.654. The lowest BCUT2D eigenvalue weighted by molar-refractivity contribution is -0.141. The molecule has 0 saturated heterocycles. The van der Waals surface area contributed by atoms with Crippen LogP contribution in [0, 0.1) is 34.5 Å². The second-order valence-electron chi connectivity index (χ2n) is 10.9. The number of ketones is 1. The molecule has 5 rings (SSSR count). The van der Waals surface area contributed by atoms with Crippen molar-refractivity contribution in [3.63, 3.8) is 0 Å². The number of carbonyl (C=O) groups excluding carboxylic acids is 1. The molecule has 7 unspecified atom stereocenters. The number of fused-ring (bicyclic) bond motifs is 5. The lowest BCUT2D eigenvalue weighted by Crippen LogP contribution is -2.54. The van der Waals surface area contributed by atoms with Crippen LogP contribution in [-0.4, -0.2) is 17.0 Å². The number of carbonyl (C=O) groups is 1. The van der Waals surface area contributed by atoms with Crippen molar-refractivity contribution in [2.24, 2.45) is 34.5 Å². The van der Waals surface area contributed by atoms with Crippen molar-refractivity contribution >= 4 is 35.1 Å². The summed E-state index contributed by atoms with van der Waals surface area (Å²) >= 11 is 12.6. The van der Waals surface area contributed by atoms with Gasteiger partial charge in [0.15, 0.2) is 5.78 Å². The second kappa shape index (κ2) is 7.36. The number of benzene rings is 1. The number of hydrogen-bond donors (Lipinski definition) is 1. The van der Waals surface area contributed by atoms with Crippen molar-refractivity contribution in [2.45, 2.75) is 71.3 Å². The summed E-state index contributed by atoms with van der Waals surface area (Å²) in [6.45, 7) is 4.71. The van der Waals surface area contributed by atoms with Crippen LogP contribution in [0.4, 0.5) is 0 Å². The molecule has 4 fully saturated rings. The van der Waals surface area contributed by atoms with Crippen LogP contribution in [0.5, 0.6) is 0 Å². The van der Waals surface area contributed by atoms with Crippen LogP contribution < -0.4 is 0 Å². The Morgan fingerprint density at radius 1 is 1.07 bits per heavy atom. The van der Waals surface area contributed by atoms with Crippen LogP contribution in [0.25, 0.3) is 6.08 Å². The summed E-state index contributed by atoms with van der Waals surface area (Å²) in [4.78, 5) is 13.6. The molecule has 30 heavy (non-hydrogen) atoms. The molecule has 0 spiro atoms. The number of rotatable bonds is 1. The highest BCUT2D eigenvalue weighted by Gasteiger charge is 2.61. The number of aliphatic hydroxyl groups is 1. The predicted molar refractivity (Wildman–Crippen MR) is 123 cm³/mol. The molecule has 0 aromatic heterocycles. The number of Topliss-reactive ketones (excluding diaryl/α,β-unsaturated/α-hetero) is 1. The summed E-state index contributed by atoms with van der Waals surface area (Å²) in [5.74, 6) is 2.70. The zero-order valence-corrected chi connectivity index (χ0v) is 19.5. The Morgan fingerprint density at radius 3 is 2.67 bits per heavy atom. The van der Waals surface area contributed by atoms with E-state index in [4.69, 9.17) is 23.2 Å². The van der Waals surface area contributed by atoms with Gasteiger partial charge in [-0.1, -0.05) is 49.2 Å². The van der Waals surface area contributed by atoms with Crippen molar-refractivity contribution in [2.75, 3.05) is 0 Å². The third kappa shape index (κ3) is 3.05. The highest BCUT2D eigenvalue weighted by atomic mass is 35.5. The quantitative estimate of drug-likeness (QED) is 0.473. The van der Waals surface area contributed by atoms with Gasteiger partial charge in [-0.3, -0.25) is 4.79 Å². The van der Waals surface area contributed by atoms with E-state index in [0.29, 0.717) is 44.9 Å². The summed E-state index contributed by atoms with van der Waals surface area (Å²) in [6.07, 6.45) is 10.3. The van der Waals surface area contributed by atoms with Crippen molar-refractivity contribution in [1.82, 2.24) is 0 Å². The minimum atomic E-state index is -0.241. The minimum absolute atomic E-state index is 0.112. The fourth-order valence-electron chi connectivity index (χ4n) is 7.85. The molecular weight excluding hydrogens is 415 g/mol. The summed E-state index contributed by atoms with van der Waals surface area (Å²) in [7, 11) is 0. The first-order chi connectivity index (χ1) is 14.2. The van der Waals surface area contributed by atoms with Gasteiger partial charge in [0, 0.05) is 5.41 Å². The summed E-state index contributed by atoms with van der Waals surface area (Å²) < 4.78 is 0. The fourth-order valence-corrected chi connectivity index (χ4v) is 8.22. The van der Waals surface area contributed by atoms with E-state index in [2.05, 4.69) is 13.8 Å². The summed E-state index contributed by atoms with van der Waals surface area (Å²) in [5.41, 5.74) is 1.87. The first-order valence-corrected chi connectivity index (χ1v) is 12.4. The van der Waals surface area contributed by atoms with Gasteiger partial charge < -0.3 is 5.11 Å². The lowest BCUT2D eigenvalue weighted by atomic mass is 9.45. The van der Waals surface area contributed by atoms with Gasteiger partial charge in [-0.15, -0.1) is 0 Å². The molecular formula is C26H32Cl2O2. The molecule has 4 saturated carbocycles. The van der Waals surface area contributed by atoms with Gasteiger partial charge in [0.25, 0.3) is 0 Å². The largest absolute Gasteiger partial charge is 0.393 e. The van der Waals surface area contributed by atoms with Crippen LogP contribution in [-0.2, 0) is 4.79 Å². The van der Waals surface area contributed by atoms with Gasteiger partial charge >= 0.3 is 0 Å². The van der Waals surface area contributed by atoms with Crippen LogP contribution >= 0.6 is 23.2 Å². The zero-order valence-electron chi connectivity index (χ0n) is 18.0. The molecule has 0 heterocycles. The summed E-state index contributed by atoms with van der Waals surface area (Å²) in [5, 5.41) is 11.3. The average molecular weight is 447 g/mol. The van der Waals surface area contributed by atoms with Gasteiger partial charge in [0.05, 0.1) is 16.1 Å². The average Bonchev–Trinajstić information content (AvgIpc) is 2.97. The number of allylic oxidation sites excluding steroid dienone is 1. The first-order valence-electron chi connectivity index (χ1n) is 11.6. The Bertz CT molecular complexity index is 908. The molecule has 0 aliphatic heterocycles. The minimum Gasteiger partial charge on any atom is -0.393 e. The van der Waals surface area contributed by atoms with Gasteiger partial charge in [0.2, 0.25) is 0 Å². The van der Waals surface area contributed by atoms with Gasteiger partial charge in [-0.25, -0.2) is 0 Å². The van der Waals surface area contributed by atoms with E-state index in [-0.39, 0.29) is 11.5 Å². The molecule has 2 nitrogen and oxygen atoms in total. The molecule has 0 bridgehead atoms. The van der Waals surface area contributed by atoms with E-state index in [9.17, 15) is 9.90 Å². The highest BCUT2D eigenvalue weighted by molar-refractivity contribution is 6.43. The molecule has 162 valence electrons. The normalized spacial score (nSPS) is 44.5. The highest BCUT2D eigenvalue weighted by Crippen LogP contribution is 2.66. The van der Waals surface area contributed by atoms with Gasteiger partial charge in [-0.05, 0) is 104 Å². The second-order valence-corrected chi connectivity index (χ2v) is 11.7. The topological polar surface area (TPSA) is 37.3 Å². The number of aliphatic hydroxyl groups excluding tert-OH is 1. The van der Waals surface area contributed by atoms with Crippen molar-refractivity contribution < 1.29 is 9.90 Å². The SMILES string of the molecule is CC12CCC3C(CCC4CC(O)CCC43C)C1C/C(=C\c1cccc(Cl)c1Cl)C2=O. The number of hydrogen-bond acceptors (Lipinski definition) is 2. The third-order valence-corrected chi connectivity index (χ3v) is 10.4. The van der Waals surface area contributed by atoms with E-state index in [1.807, 2.05) is 18.2 Å². The Morgan fingerprint density at radius 2 is 1.87 bits per heavy atom. The van der Waals surface area contributed by atoms with E-state index in [1.165, 1.54) is 12.8 Å². The van der Waals surface area contributed by atoms with E-state index < -0.39 is 0 Å². The van der Waals surface area contributed by atoms with Crippen molar-refractivity contribution in [3.8, 4) is 0 Å². The van der Waals surface area contributed by atoms with E-state index >= 15 is 0 Å². The van der Waals surface area contributed by atoms with E-state index in [0.717, 1.165) is 49.7 Å². The van der Waals surface area contributed by atoms with Crippen molar-refractivity contribution in [3.05, 3.63) is 39.4 Å². The Balaban J connectivity index is 1.46. The third-order valence-electron chi connectivity index (χ3n) is 9.59. The maximum absolute atomic E-state index is 13.6. The molecule has 4 aliphatic rings. The maximum Gasteiger partial charge on any atom is 0.165 e. The molecule has 7 atom stereocenters. The predicted octanol–water partition coefficient (Wildman–Crippen LogP) is 6.96. The van der Waals surface area contributed by atoms with Gasteiger partial charge in [0.1, 0.15) is 0 Å². The van der Waals surface area contributed by atoms with Crippen LogP contribution in [0.2, 0.25) is 10.0 Å². The van der Waals surface area contributed by atoms with Crippen molar-refractivity contribution in [1.29, 1.82) is 0 Å². The molecule has 1 aromatic rings.